The molecule has 0 heterocycles. The second-order valence-corrected chi connectivity index (χ2v) is 6.03. The van der Waals surface area contributed by atoms with Gasteiger partial charge in [-0.2, -0.15) is 0 Å². The van der Waals surface area contributed by atoms with Crippen LogP contribution >= 0.6 is 0 Å². The van der Waals surface area contributed by atoms with Crippen molar-refractivity contribution in [3.63, 3.8) is 0 Å². The first kappa shape index (κ1) is 15.9. The molecule has 0 amide bonds. The van der Waals surface area contributed by atoms with Gasteiger partial charge in [0, 0.05) is 25.2 Å². The molecule has 1 aromatic rings. The van der Waals surface area contributed by atoms with Gasteiger partial charge >= 0.3 is 0 Å². The number of nitrogens with zero attached hydrogens (tertiary/aromatic N) is 1. The number of aliphatic hydroxyl groups is 1. The van der Waals surface area contributed by atoms with E-state index in [0.29, 0.717) is 12.2 Å². The number of rotatable bonds is 5. The summed E-state index contributed by atoms with van der Waals surface area (Å²) in [6.45, 7) is 8.73. The van der Waals surface area contributed by atoms with Gasteiger partial charge in [0.1, 0.15) is 5.82 Å². The maximum Gasteiger partial charge on any atom is 0.146 e. The van der Waals surface area contributed by atoms with Crippen molar-refractivity contribution in [2.75, 3.05) is 18.6 Å². The van der Waals surface area contributed by atoms with E-state index in [2.05, 4.69) is 26.1 Å². The second kappa shape index (κ2) is 6.35. The standard InChI is InChI=1S/C15H25FN2O/c1-11(10-19)18(5)14-7-6-12(8-13(14)16)9-17-15(2,3)4/h6-8,11,17,19H,9-10H2,1-5H3. The highest BCUT2D eigenvalue weighted by molar-refractivity contribution is 5.49. The Hall–Kier alpha value is -1.13. The molecular weight excluding hydrogens is 243 g/mol. The fourth-order valence-electron chi connectivity index (χ4n) is 1.67. The molecule has 108 valence electrons. The van der Waals surface area contributed by atoms with Gasteiger partial charge in [0.05, 0.1) is 12.3 Å². The van der Waals surface area contributed by atoms with Crippen molar-refractivity contribution in [3.8, 4) is 0 Å². The van der Waals surface area contributed by atoms with Crippen molar-refractivity contribution in [1.82, 2.24) is 5.32 Å². The summed E-state index contributed by atoms with van der Waals surface area (Å²) in [4.78, 5) is 1.75. The fourth-order valence-corrected chi connectivity index (χ4v) is 1.67. The van der Waals surface area contributed by atoms with Gasteiger partial charge in [-0.1, -0.05) is 6.07 Å². The number of aliphatic hydroxyl groups excluding tert-OH is 1. The van der Waals surface area contributed by atoms with Crippen molar-refractivity contribution in [1.29, 1.82) is 0 Å². The van der Waals surface area contributed by atoms with Crippen molar-refractivity contribution in [2.24, 2.45) is 0 Å². The quantitative estimate of drug-likeness (QED) is 0.861. The summed E-state index contributed by atoms with van der Waals surface area (Å²) in [5.74, 6) is -0.254. The highest BCUT2D eigenvalue weighted by atomic mass is 19.1. The van der Waals surface area contributed by atoms with Gasteiger partial charge in [0.15, 0.2) is 0 Å². The second-order valence-electron chi connectivity index (χ2n) is 6.03. The molecule has 1 atom stereocenters. The zero-order valence-corrected chi connectivity index (χ0v) is 12.5. The summed E-state index contributed by atoms with van der Waals surface area (Å²) in [7, 11) is 1.78. The normalized spacial score (nSPS) is 13.4. The Balaban J connectivity index is 2.80. The number of hydrogen-bond acceptors (Lipinski definition) is 3. The molecule has 0 aliphatic rings. The molecule has 0 spiro atoms. The lowest BCUT2D eigenvalue weighted by Crippen LogP contribution is -2.35. The van der Waals surface area contributed by atoms with E-state index in [0.717, 1.165) is 5.56 Å². The average molecular weight is 268 g/mol. The molecule has 3 nitrogen and oxygen atoms in total. The van der Waals surface area contributed by atoms with E-state index in [1.807, 2.05) is 13.0 Å². The highest BCUT2D eigenvalue weighted by Gasteiger charge is 2.14. The minimum Gasteiger partial charge on any atom is -0.394 e. The van der Waals surface area contributed by atoms with Crippen LogP contribution in [0.4, 0.5) is 10.1 Å². The topological polar surface area (TPSA) is 35.5 Å². The summed E-state index contributed by atoms with van der Waals surface area (Å²) in [6, 6.07) is 5.13. The minimum absolute atomic E-state index is 0.00325. The molecule has 1 aromatic carbocycles. The zero-order chi connectivity index (χ0) is 14.6. The van der Waals surface area contributed by atoms with Crippen molar-refractivity contribution in [3.05, 3.63) is 29.6 Å². The van der Waals surface area contributed by atoms with Gasteiger partial charge in [0.25, 0.3) is 0 Å². The molecule has 0 saturated heterocycles. The predicted molar refractivity (Wildman–Crippen MR) is 77.9 cm³/mol. The maximum atomic E-state index is 14.1. The van der Waals surface area contributed by atoms with Gasteiger partial charge in [0.2, 0.25) is 0 Å². The molecule has 0 radical (unpaired) electrons. The zero-order valence-electron chi connectivity index (χ0n) is 12.5. The molecule has 0 bridgehead atoms. The largest absolute Gasteiger partial charge is 0.394 e. The first-order valence-corrected chi connectivity index (χ1v) is 6.61. The minimum atomic E-state index is -0.254. The maximum absolute atomic E-state index is 14.1. The third-order valence-corrected chi connectivity index (χ3v) is 3.14. The molecule has 2 N–H and O–H groups in total. The van der Waals surface area contributed by atoms with E-state index in [9.17, 15) is 4.39 Å². The first-order valence-electron chi connectivity index (χ1n) is 6.61. The van der Waals surface area contributed by atoms with Crippen LogP contribution in [0.25, 0.3) is 0 Å². The number of nitrogens with one attached hydrogen (secondary N) is 1. The molecule has 0 fully saturated rings. The van der Waals surface area contributed by atoms with Crippen LogP contribution in [0.5, 0.6) is 0 Å². The van der Waals surface area contributed by atoms with E-state index in [4.69, 9.17) is 5.11 Å². The smallest absolute Gasteiger partial charge is 0.146 e. The molecular formula is C15H25FN2O. The third-order valence-electron chi connectivity index (χ3n) is 3.14. The van der Waals surface area contributed by atoms with Crippen LogP contribution in [0.1, 0.15) is 33.3 Å². The summed E-state index contributed by atoms with van der Waals surface area (Å²) in [6.07, 6.45) is 0. The molecule has 0 aromatic heterocycles. The Morgan fingerprint density at radius 2 is 2.00 bits per heavy atom. The predicted octanol–water partition coefficient (Wildman–Crippen LogP) is 2.53. The van der Waals surface area contributed by atoms with E-state index in [-0.39, 0.29) is 24.0 Å². The highest BCUT2D eigenvalue weighted by Crippen LogP contribution is 2.21. The molecule has 4 heteroatoms. The number of benzene rings is 1. The van der Waals surface area contributed by atoms with Crippen LogP contribution in [0.15, 0.2) is 18.2 Å². The van der Waals surface area contributed by atoms with Crippen LogP contribution in [0, 0.1) is 5.82 Å². The monoisotopic (exact) mass is 268 g/mol. The van der Waals surface area contributed by atoms with Gasteiger partial charge in [-0.25, -0.2) is 4.39 Å². The summed E-state index contributed by atoms with van der Waals surface area (Å²) >= 11 is 0. The summed E-state index contributed by atoms with van der Waals surface area (Å²) in [5.41, 5.74) is 1.44. The summed E-state index contributed by atoms with van der Waals surface area (Å²) in [5, 5.41) is 12.4. The van der Waals surface area contributed by atoms with E-state index in [1.165, 1.54) is 0 Å². The van der Waals surface area contributed by atoms with Crippen LogP contribution in [-0.4, -0.2) is 30.3 Å². The number of likely N-dealkylation sites (N-methyl/N-ethyl adjacent to an activating group) is 1. The van der Waals surface area contributed by atoms with Crippen LogP contribution in [0.2, 0.25) is 0 Å². The Bertz CT molecular complexity index is 415. The van der Waals surface area contributed by atoms with Crippen LogP contribution in [-0.2, 0) is 6.54 Å². The SMILES string of the molecule is CC(CO)N(C)c1ccc(CNC(C)(C)C)cc1F. The van der Waals surface area contributed by atoms with Crippen LogP contribution in [0.3, 0.4) is 0 Å². The van der Waals surface area contributed by atoms with Gasteiger partial charge in [-0.3, -0.25) is 0 Å². The van der Waals surface area contributed by atoms with E-state index < -0.39 is 0 Å². The lowest BCUT2D eigenvalue weighted by atomic mass is 10.1. The average Bonchev–Trinajstić information content (AvgIpc) is 2.34. The molecule has 1 unspecified atom stereocenters. The Kier molecular flexibility index (Phi) is 5.32. The lowest BCUT2D eigenvalue weighted by molar-refractivity contribution is 0.269. The van der Waals surface area contributed by atoms with E-state index >= 15 is 0 Å². The van der Waals surface area contributed by atoms with Gasteiger partial charge in [-0.05, 0) is 45.4 Å². The Morgan fingerprint density at radius 3 is 2.47 bits per heavy atom. The molecule has 0 saturated carbocycles. The Labute approximate surface area is 115 Å². The number of anilines is 1. The van der Waals surface area contributed by atoms with Gasteiger partial charge in [-0.15, -0.1) is 0 Å². The van der Waals surface area contributed by atoms with Crippen molar-refractivity contribution >= 4 is 5.69 Å². The molecule has 0 aliphatic carbocycles. The fraction of sp³-hybridized carbons (Fsp3) is 0.600. The molecule has 19 heavy (non-hydrogen) atoms. The molecule has 0 aliphatic heterocycles. The lowest BCUT2D eigenvalue weighted by Gasteiger charge is -2.26. The molecule has 1 rings (SSSR count). The van der Waals surface area contributed by atoms with Crippen LogP contribution < -0.4 is 10.2 Å². The van der Waals surface area contributed by atoms with Crippen molar-refractivity contribution in [2.45, 2.75) is 45.8 Å². The Morgan fingerprint density at radius 1 is 1.37 bits per heavy atom. The van der Waals surface area contributed by atoms with E-state index in [1.54, 1.807) is 24.1 Å². The first-order chi connectivity index (χ1) is 8.74. The van der Waals surface area contributed by atoms with Crippen molar-refractivity contribution < 1.29 is 9.50 Å². The van der Waals surface area contributed by atoms with Gasteiger partial charge < -0.3 is 15.3 Å². The third kappa shape index (κ3) is 4.80. The summed E-state index contributed by atoms with van der Waals surface area (Å²) < 4.78 is 14.1. The number of halogens is 1. The number of hydrogen-bond donors (Lipinski definition) is 2.